The summed E-state index contributed by atoms with van der Waals surface area (Å²) in [5.41, 5.74) is 6.55. The summed E-state index contributed by atoms with van der Waals surface area (Å²) in [6.07, 6.45) is 1.16. The molecular weight excluding hydrogens is 286 g/mol. The fraction of sp³-hybridized carbons (Fsp3) is 0.571. The highest BCUT2D eigenvalue weighted by Gasteiger charge is 2.23. The monoisotopic (exact) mass is 307 g/mol. The summed E-state index contributed by atoms with van der Waals surface area (Å²) >= 11 is 1.25. The third-order valence-electron chi connectivity index (χ3n) is 3.86. The number of nitriles is 1. The molecule has 1 aromatic heterocycles. The molecule has 21 heavy (non-hydrogen) atoms. The Morgan fingerprint density at radius 2 is 2.38 bits per heavy atom. The number of amides is 1. The van der Waals surface area contributed by atoms with Gasteiger partial charge in [0.2, 0.25) is 0 Å². The van der Waals surface area contributed by atoms with Gasteiger partial charge in [-0.2, -0.15) is 5.26 Å². The van der Waals surface area contributed by atoms with Crippen LogP contribution < -0.4 is 16.4 Å². The number of likely N-dealkylation sites (tertiary alicyclic amines) is 1. The van der Waals surface area contributed by atoms with E-state index in [1.54, 1.807) is 7.05 Å². The van der Waals surface area contributed by atoms with Crippen molar-refractivity contribution in [3.05, 3.63) is 10.4 Å². The van der Waals surface area contributed by atoms with E-state index in [1.165, 1.54) is 11.3 Å². The molecule has 2 rings (SSSR count). The lowest BCUT2D eigenvalue weighted by atomic mass is 10.1. The van der Waals surface area contributed by atoms with Gasteiger partial charge in [0.1, 0.15) is 21.5 Å². The maximum atomic E-state index is 11.7. The lowest BCUT2D eigenvalue weighted by Gasteiger charge is -2.13. The lowest BCUT2D eigenvalue weighted by molar-refractivity contribution is 0.0968. The molecule has 0 radical (unpaired) electrons. The second kappa shape index (κ2) is 6.78. The van der Waals surface area contributed by atoms with E-state index >= 15 is 0 Å². The molecule has 1 aromatic rings. The zero-order chi connectivity index (χ0) is 15.4. The molecule has 7 heteroatoms. The molecule has 1 amide bonds. The van der Waals surface area contributed by atoms with Gasteiger partial charge in [-0.15, -0.1) is 11.3 Å². The predicted octanol–water partition coefficient (Wildman–Crippen LogP) is 1.32. The van der Waals surface area contributed by atoms with Crippen molar-refractivity contribution in [1.82, 2.24) is 10.2 Å². The number of nitrogens with one attached hydrogen (secondary N) is 2. The minimum atomic E-state index is -0.250. The SMILES string of the molecule is CCN1CCC(CNc2sc(C(=O)NC)c(N)c2C#N)C1. The van der Waals surface area contributed by atoms with Gasteiger partial charge in [0.05, 0.1) is 5.69 Å². The number of rotatable bonds is 5. The predicted molar refractivity (Wildman–Crippen MR) is 85.5 cm³/mol. The van der Waals surface area contributed by atoms with Crippen LogP contribution in [-0.2, 0) is 0 Å². The first-order valence-electron chi connectivity index (χ1n) is 7.11. The van der Waals surface area contributed by atoms with Crippen LogP contribution in [0, 0.1) is 17.2 Å². The van der Waals surface area contributed by atoms with E-state index in [-0.39, 0.29) is 11.6 Å². The van der Waals surface area contributed by atoms with Crippen LogP contribution >= 0.6 is 11.3 Å². The van der Waals surface area contributed by atoms with Gasteiger partial charge in [-0.3, -0.25) is 4.79 Å². The number of hydrogen-bond donors (Lipinski definition) is 3. The Morgan fingerprint density at radius 1 is 1.62 bits per heavy atom. The third kappa shape index (κ3) is 3.28. The quantitative estimate of drug-likeness (QED) is 0.762. The van der Waals surface area contributed by atoms with E-state index in [9.17, 15) is 10.1 Å². The highest BCUT2D eigenvalue weighted by molar-refractivity contribution is 7.18. The molecule has 2 heterocycles. The molecule has 0 aromatic carbocycles. The third-order valence-corrected chi connectivity index (χ3v) is 5.02. The molecule has 0 saturated carbocycles. The second-order valence-electron chi connectivity index (χ2n) is 5.17. The van der Waals surface area contributed by atoms with Crippen LogP contribution in [0.1, 0.15) is 28.6 Å². The first-order chi connectivity index (χ1) is 10.1. The number of nitrogen functional groups attached to an aromatic ring is 1. The maximum Gasteiger partial charge on any atom is 0.263 e. The van der Waals surface area contributed by atoms with Crippen LogP contribution in [0.5, 0.6) is 0 Å². The van der Waals surface area contributed by atoms with Gasteiger partial charge in [-0.1, -0.05) is 6.92 Å². The molecule has 6 nitrogen and oxygen atoms in total. The Kier molecular flexibility index (Phi) is 5.04. The smallest absolute Gasteiger partial charge is 0.263 e. The minimum absolute atomic E-state index is 0.250. The number of nitrogens with two attached hydrogens (primary N) is 1. The first kappa shape index (κ1) is 15.6. The molecule has 0 aliphatic carbocycles. The Labute approximate surface area is 128 Å². The molecule has 0 bridgehead atoms. The van der Waals surface area contributed by atoms with Gasteiger partial charge in [0, 0.05) is 20.1 Å². The molecule has 1 unspecified atom stereocenters. The summed E-state index contributed by atoms with van der Waals surface area (Å²) < 4.78 is 0. The summed E-state index contributed by atoms with van der Waals surface area (Å²) in [5.74, 6) is 0.323. The highest BCUT2D eigenvalue weighted by Crippen LogP contribution is 2.35. The highest BCUT2D eigenvalue weighted by atomic mass is 32.1. The average molecular weight is 307 g/mol. The van der Waals surface area contributed by atoms with Crippen LogP contribution in [0.4, 0.5) is 10.7 Å². The Balaban J connectivity index is 2.06. The molecule has 0 spiro atoms. The number of nitrogens with zero attached hydrogens (tertiary/aromatic N) is 2. The van der Waals surface area contributed by atoms with Crippen molar-refractivity contribution in [3.63, 3.8) is 0 Å². The lowest BCUT2D eigenvalue weighted by Crippen LogP contribution is -2.22. The number of carbonyl (C=O) groups excluding carboxylic acids is 1. The van der Waals surface area contributed by atoms with Crippen molar-refractivity contribution < 1.29 is 4.79 Å². The van der Waals surface area contributed by atoms with E-state index < -0.39 is 0 Å². The first-order valence-corrected chi connectivity index (χ1v) is 7.93. The van der Waals surface area contributed by atoms with Crippen LogP contribution in [0.2, 0.25) is 0 Å². The van der Waals surface area contributed by atoms with Crippen molar-refractivity contribution in [3.8, 4) is 6.07 Å². The summed E-state index contributed by atoms with van der Waals surface area (Å²) in [5, 5.41) is 15.8. The van der Waals surface area contributed by atoms with E-state index in [4.69, 9.17) is 5.73 Å². The molecule has 1 aliphatic heterocycles. The summed E-state index contributed by atoms with van der Waals surface area (Å²) in [4.78, 5) is 14.5. The van der Waals surface area contributed by atoms with Crippen molar-refractivity contribution in [1.29, 1.82) is 5.26 Å². The molecule has 1 fully saturated rings. The van der Waals surface area contributed by atoms with Crippen molar-refractivity contribution in [2.75, 3.05) is 44.3 Å². The van der Waals surface area contributed by atoms with Gasteiger partial charge in [-0.25, -0.2) is 0 Å². The van der Waals surface area contributed by atoms with Gasteiger partial charge in [0.15, 0.2) is 0 Å². The van der Waals surface area contributed by atoms with Gasteiger partial charge in [-0.05, 0) is 25.4 Å². The van der Waals surface area contributed by atoms with Crippen LogP contribution in [-0.4, -0.2) is 44.0 Å². The van der Waals surface area contributed by atoms with Crippen molar-refractivity contribution in [2.24, 2.45) is 5.92 Å². The maximum absolute atomic E-state index is 11.7. The van der Waals surface area contributed by atoms with Gasteiger partial charge in [0.25, 0.3) is 5.91 Å². The fourth-order valence-corrected chi connectivity index (χ4v) is 3.59. The van der Waals surface area contributed by atoms with Gasteiger partial charge >= 0.3 is 0 Å². The standard InChI is InChI=1S/C14H21N5OS/c1-3-19-5-4-9(8-19)7-18-14-10(6-15)11(16)12(21-14)13(20)17-2/h9,18H,3-5,7-8,16H2,1-2H3,(H,17,20). The van der Waals surface area contributed by atoms with Crippen LogP contribution in [0.15, 0.2) is 0 Å². The normalized spacial score (nSPS) is 18.4. The summed E-state index contributed by atoms with van der Waals surface area (Å²) in [6.45, 7) is 6.25. The molecule has 4 N–H and O–H groups in total. The van der Waals surface area contributed by atoms with Crippen molar-refractivity contribution in [2.45, 2.75) is 13.3 Å². The zero-order valence-electron chi connectivity index (χ0n) is 12.4. The average Bonchev–Trinajstić information content (AvgIpc) is 3.08. The van der Waals surface area contributed by atoms with E-state index in [0.717, 1.165) is 32.6 Å². The number of hydrogen-bond acceptors (Lipinski definition) is 6. The van der Waals surface area contributed by atoms with E-state index in [0.29, 0.717) is 21.4 Å². The Bertz CT molecular complexity index is 562. The zero-order valence-corrected chi connectivity index (χ0v) is 13.2. The summed E-state index contributed by atoms with van der Waals surface area (Å²) in [7, 11) is 1.55. The second-order valence-corrected chi connectivity index (χ2v) is 6.19. The number of thiophene rings is 1. The van der Waals surface area contributed by atoms with Gasteiger partial charge < -0.3 is 21.3 Å². The minimum Gasteiger partial charge on any atom is -0.396 e. The molecule has 1 saturated heterocycles. The summed E-state index contributed by atoms with van der Waals surface area (Å²) in [6, 6.07) is 2.09. The topological polar surface area (TPSA) is 94.2 Å². The number of anilines is 2. The molecular formula is C14H21N5OS. The molecule has 114 valence electrons. The largest absolute Gasteiger partial charge is 0.396 e. The fourth-order valence-electron chi connectivity index (χ4n) is 2.57. The van der Waals surface area contributed by atoms with Crippen molar-refractivity contribution >= 4 is 27.9 Å². The van der Waals surface area contributed by atoms with Crippen LogP contribution in [0.3, 0.4) is 0 Å². The molecule has 1 atom stereocenters. The van der Waals surface area contributed by atoms with Crippen LogP contribution in [0.25, 0.3) is 0 Å². The van der Waals surface area contributed by atoms with E-state index in [2.05, 4.69) is 28.5 Å². The van der Waals surface area contributed by atoms with E-state index in [1.807, 2.05) is 0 Å². The Morgan fingerprint density at radius 3 is 2.95 bits per heavy atom. The Hall–Kier alpha value is -1.78. The number of carbonyl (C=O) groups is 1. The molecule has 1 aliphatic rings.